The third-order valence-electron chi connectivity index (χ3n) is 3.93. The fourth-order valence-electron chi connectivity index (χ4n) is 2.53. The number of amides is 1. The van der Waals surface area contributed by atoms with E-state index in [1.165, 1.54) is 19.3 Å². The van der Waals surface area contributed by atoms with Gasteiger partial charge in [-0.25, -0.2) is 9.97 Å². The van der Waals surface area contributed by atoms with Gasteiger partial charge in [-0.05, 0) is 69.3 Å². The number of hydrogen-bond donors (Lipinski definition) is 2. The van der Waals surface area contributed by atoms with Gasteiger partial charge in [0.1, 0.15) is 17.3 Å². The van der Waals surface area contributed by atoms with E-state index in [-0.39, 0.29) is 23.5 Å². The van der Waals surface area contributed by atoms with E-state index < -0.39 is 0 Å². The van der Waals surface area contributed by atoms with Crippen LogP contribution in [0.1, 0.15) is 41.6 Å². The largest absolute Gasteiger partial charge is 0.491 e. The maximum atomic E-state index is 12.3. The molecule has 0 saturated heterocycles. The first kappa shape index (κ1) is 20.0. The number of anilines is 3. The molecule has 148 valence electrons. The molecule has 1 aromatic heterocycles. The third-order valence-corrected chi connectivity index (χ3v) is 3.93. The molecule has 0 aliphatic rings. The van der Waals surface area contributed by atoms with Crippen molar-refractivity contribution in [3.8, 4) is 5.75 Å². The molecular formula is C22H22N4O3. The van der Waals surface area contributed by atoms with Crippen molar-refractivity contribution in [2.45, 2.75) is 26.9 Å². The Morgan fingerprint density at radius 2 is 1.55 bits per heavy atom. The molecule has 1 heterocycles. The molecule has 3 aromatic rings. The van der Waals surface area contributed by atoms with Crippen molar-refractivity contribution >= 4 is 28.9 Å². The van der Waals surface area contributed by atoms with Crippen LogP contribution in [0.3, 0.4) is 0 Å². The molecule has 0 aliphatic carbocycles. The lowest BCUT2D eigenvalue weighted by Crippen LogP contribution is -2.14. The third kappa shape index (κ3) is 5.62. The van der Waals surface area contributed by atoms with Gasteiger partial charge in [0.25, 0.3) is 5.91 Å². The molecule has 3 rings (SSSR count). The molecular weight excluding hydrogens is 368 g/mol. The van der Waals surface area contributed by atoms with E-state index in [4.69, 9.17) is 4.74 Å². The van der Waals surface area contributed by atoms with Crippen molar-refractivity contribution < 1.29 is 14.3 Å². The zero-order valence-electron chi connectivity index (χ0n) is 16.5. The first-order chi connectivity index (χ1) is 13.9. The van der Waals surface area contributed by atoms with Gasteiger partial charge in [-0.1, -0.05) is 0 Å². The van der Waals surface area contributed by atoms with Gasteiger partial charge in [-0.3, -0.25) is 9.59 Å². The Hall–Kier alpha value is -3.74. The number of nitrogens with zero attached hydrogens (tertiary/aromatic N) is 2. The highest BCUT2D eigenvalue weighted by atomic mass is 16.5. The minimum absolute atomic E-state index is 0.0288. The topological polar surface area (TPSA) is 93.2 Å². The van der Waals surface area contributed by atoms with Gasteiger partial charge in [-0.15, -0.1) is 0 Å². The van der Waals surface area contributed by atoms with Gasteiger partial charge in [0.2, 0.25) is 0 Å². The normalized spacial score (nSPS) is 10.5. The summed E-state index contributed by atoms with van der Waals surface area (Å²) in [5.74, 6) is 0.901. The lowest BCUT2D eigenvalue weighted by molar-refractivity contribution is 0.101. The summed E-state index contributed by atoms with van der Waals surface area (Å²) < 4.78 is 5.61. The SMILES string of the molecule is CC(=O)c1ccc(NC(=O)c2cnc(Nc3ccc(OC(C)C)cc3)cn2)cc1. The number of ketones is 1. The molecule has 0 bridgehead atoms. The van der Waals surface area contributed by atoms with Gasteiger partial charge in [-0.2, -0.15) is 0 Å². The van der Waals surface area contributed by atoms with Crippen molar-refractivity contribution in [3.63, 3.8) is 0 Å². The number of Topliss-reactive ketones (excluding diaryl/α,β-unsaturated/α-hetero) is 1. The summed E-state index contributed by atoms with van der Waals surface area (Å²) in [4.78, 5) is 32.0. The van der Waals surface area contributed by atoms with E-state index in [1.807, 2.05) is 38.1 Å². The molecule has 0 radical (unpaired) electrons. The molecule has 0 unspecified atom stereocenters. The Morgan fingerprint density at radius 3 is 2.10 bits per heavy atom. The van der Waals surface area contributed by atoms with E-state index in [0.29, 0.717) is 17.1 Å². The number of carbonyl (C=O) groups excluding carboxylic acids is 2. The summed E-state index contributed by atoms with van der Waals surface area (Å²) >= 11 is 0. The van der Waals surface area contributed by atoms with Crippen LogP contribution in [-0.2, 0) is 0 Å². The van der Waals surface area contributed by atoms with E-state index in [1.54, 1.807) is 24.3 Å². The summed E-state index contributed by atoms with van der Waals surface area (Å²) in [6, 6.07) is 14.2. The van der Waals surface area contributed by atoms with Crippen LogP contribution in [0.15, 0.2) is 60.9 Å². The molecule has 2 N–H and O–H groups in total. The molecule has 0 saturated carbocycles. The van der Waals surface area contributed by atoms with Gasteiger partial charge in [0.15, 0.2) is 5.78 Å². The molecule has 7 heteroatoms. The summed E-state index contributed by atoms with van der Waals surface area (Å²) in [5, 5.41) is 5.85. The summed E-state index contributed by atoms with van der Waals surface area (Å²) in [5.41, 5.74) is 2.18. The van der Waals surface area contributed by atoms with Crippen LogP contribution in [0, 0.1) is 0 Å². The first-order valence-corrected chi connectivity index (χ1v) is 9.19. The number of aromatic nitrogens is 2. The Labute approximate surface area is 169 Å². The summed E-state index contributed by atoms with van der Waals surface area (Å²) in [7, 11) is 0. The Kier molecular flexibility index (Phi) is 6.19. The molecule has 0 aliphatic heterocycles. The molecule has 0 fully saturated rings. The standard InChI is InChI=1S/C22H22N4O3/c1-14(2)29-19-10-8-17(9-11-19)25-21-13-23-20(12-24-21)22(28)26-18-6-4-16(5-7-18)15(3)27/h4-14H,1-3H3,(H,24,25)(H,26,28). The Morgan fingerprint density at radius 1 is 0.897 bits per heavy atom. The quantitative estimate of drug-likeness (QED) is 0.579. The predicted molar refractivity (Wildman–Crippen MR) is 112 cm³/mol. The van der Waals surface area contributed by atoms with Gasteiger partial charge >= 0.3 is 0 Å². The second-order valence-corrected chi connectivity index (χ2v) is 6.69. The minimum Gasteiger partial charge on any atom is -0.491 e. The van der Waals surface area contributed by atoms with Crippen LogP contribution < -0.4 is 15.4 Å². The van der Waals surface area contributed by atoms with Crippen LogP contribution in [-0.4, -0.2) is 27.8 Å². The van der Waals surface area contributed by atoms with Gasteiger partial charge in [0.05, 0.1) is 18.5 Å². The second kappa shape index (κ2) is 8.97. The second-order valence-electron chi connectivity index (χ2n) is 6.69. The molecule has 7 nitrogen and oxygen atoms in total. The van der Waals surface area contributed by atoms with Gasteiger partial charge in [0, 0.05) is 16.9 Å². The van der Waals surface area contributed by atoms with Gasteiger partial charge < -0.3 is 15.4 Å². The van der Waals surface area contributed by atoms with Crippen molar-refractivity contribution in [2.24, 2.45) is 0 Å². The van der Waals surface area contributed by atoms with Crippen LogP contribution in [0.5, 0.6) is 5.75 Å². The van der Waals surface area contributed by atoms with E-state index >= 15 is 0 Å². The molecule has 29 heavy (non-hydrogen) atoms. The smallest absolute Gasteiger partial charge is 0.275 e. The highest BCUT2D eigenvalue weighted by Gasteiger charge is 2.09. The van der Waals surface area contributed by atoms with Crippen molar-refractivity contribution in [2.75, 3.05) is 10.6 Å². The monoisotopic (exact) mass is 390 g/mol. The zero-order valence-corrected chi connectivity index (χ0v) is 16.5. The van der Waals surface area contributed by atoms with Crippen molar-refractivity contribution in [1.29, 1.82) is 0 Å². The van der Waals surface area contributed by atoms with Crippen LogP contribution >= 0.6 is 0 Å². The minimum atomic E-state index is -0.380. The van der Waals surface area contributed by atoms with Crippen molar-refractivity contribution in [1.82, 2.24) is 9.97 Å². The number of hydrogen-bond acceptors (Lipinski definition) is 6. The van der Waals surface area contributed by atoms with Crippen molar-refractivity contribution in [3.05, 3.63) is 72.2 Å². The fraction of sp³-hybridized carbons (Fsp3) is 0.182. The lowest BCUT2D eigenvalue weighted by atomic mass is 10.1. The molecule has 0 spiro atoms. The average Bonchev–Trinajstić information content (AvgIpc) is 2.70. The fourth-order valence-corrected chi connectivity index (χ4v) is 2.53. The predicted octanol–water partition coefficient (Wildman–Crippen LogP) is 4.46. The number of ether oxygens (including phenoxy) is 1. The Balaban J connectivity index is 1.60. The lowest BCUT2D eigenvalue weighted by Gasteiger charge is -2.11. The number of rotatable bonds is 7. The summed E-state index contributed by atoms with van der Waals surface area (Å²) in [6.07, 6.45) is 3.01. The van der Waals surface area contributed by atoms with E-state index in [0.717, 1.165) is 11.4 Å². The average molecular weight is 390 g/mol. The first-order valence-electron chi connectivity index (χ1n) is 9.19. The van der Waals surface area contributed by atoms with Crippen LogP contribution in [0.25, 0.3) is 0 Å². The Bertz CT molecular complexity index is 982. The number of carbonyl (C=O) groups is 2. The summed E-state index contributed by atoms with van der Waals surface area (Å²) in [6.45, 7) is 5.44. The number of benzene rings is 2. The van der Waals surface area contributed by atoms with Crippen LogP contribution in [0.4, 0.5) is 17.2 Å². The van der Waals surface area contributed by atoms with E-state index in [2.05, 4.69) is 20.6 Å². The zero-order chi connectivity index (χ0) is 20.8. The molecule has 2 aromatic carbocycles. The molecule has 0 atom stereocenters. The molecule has 1 amide bonds. The van der Waals surface area contributed by atoms with E-state index in [9.17, 15) is 9.59 Å². The number of nitrogens with one attached hydrogen (secondary N) is 2. The highest BCUT2D eigenvalue weighted by Crippen LogP contribution is 2.19. The highest BCUT2D eigenvalue weighted by molar-refractivity contribution is 6.03. The van der Waals surface area contributed by atoms with Crippen LogP contribution in [0.2, 0.25) is 0 Å². The maximum absolute atomic E-state index is 12.3. The maximum Gasteiger partial charge on any atom is 0.275 e.